The zero-order valence-corrected chi connectivity index (χ0v) is 13.1. The summed E-state index contributed by atoms with van der Waals surface area (Å²) in [7, 11) is 0. The standard InChI is InChI=1S/C14H23N3.2ClH/c1-12-4-7-17(14(9-12)10-15)8-5-13-3-2-6-16-11-13;;/h2-3,6,11-12,14H,4-5,7-10,15H2,1H3;2*1H. The number of piperidine rings is 1. The molecule has 2 unspecified atom stereocenters. The Morgan fingerprint density at radius 1 is 1.42 bits per heavy atom. The van der Waals surface area contributed by atoms with Gasteiger partial charge < -0.3 is 5.73 Å². The van der Waals surface area contributed by atoms with Gasteiger partial charge in [0.15, 0.2) is 0 Å². The van der Waals surface area contributed by atoms with E-state index in [2.05, 4.69) is 22.9 Å². The third kappa shape index (κ3) is 5.65. The fraction of sp³-hybridized carbons (Fsp3) is 0.643. The van der Waals surface area contributed by atoms with E-state index in [9.17, 15) is 0 Å². The normalized spacial score (nSPS) is 23.3. The quantitative estimate of drug-likeness (QED) is 0.929. The molecule has 0 bridgehead atoms. The first-order valence-electron chi connectivity index (χ1n) is 6.62. The maximum absolute atomic E-state index is 5.87. The summed E-state index contributed by atoms with van der Waals surface area (Å²) >= 11 is 0. The molecule has 0 amide bonds. The molecule has 0 radical (unpaired) electrons. The van der Waals surface area contributed by atoms with Crippen LogP contribution in [0.15, 0.2) is 24.5 Å². The minimum absolute atomic E-state index is 0. The molecule has 0 aliphatic carbocycles. The summed E-state index contributed by atoms with van der Waals surface area (Å²) in [5.74, 6) is 0.832. The van der Waals surface area contributed by atoms with Gasteiger partial charge >= 0.3 is 0 Å². The minimum atomic E-state index is 0. The van der Waals surface area contributed by atoms with Crippen LogP contribution in [0.3, 0.4) is 0 Å². The van der Waals surface area contributed by atoms with Crippen LogP contribution in [-0.4, -0.2) is 35.6 Å². The Kier molecular flexibility index (Phi) is 9.36. The topological polar surface area (TPSA) is 42.2 Å². The number of likely N-dealkylation sites (tertiary alicyclic amines) is 1. The maximum atomic E-state index is 5.87. The van der Waals surface area contributed by atoms with E-state index in [0.29, 0.717) is 6.04 Å². The molecule has 1 fully saturated rings. The van der Waals surface area contributed by atoms with Gasteiger partial charge in [0, 0.05) is 31.5 Å². The van der Waals surface area contributed by atoms with Gasteiger partial charge in [-0.25, -0.2) is 0 Å². The maximum Gasteiger partial charge on any atom is 0.0300 e. The first-order chi connectivity index (χ1) is 8.29. The highest BCUT2D eigenvalue weighted by Crippen LogP contribution is 2.21. The van der Waals surface area contributed by atoms with Crippen molar-refractivity contribution in [2.24, 2.45) is 11.7 Å². The lowest BCUT2D eigenvalue weighted by Crippen LogP contribution is -2.46. The van der Waals surface area contributed by atoms with Crippen molar-refractivity contribution in [3.63, 3.8) is 0 Å². The van der Waals surface area contributed by atoms with Crippen LogP contribution >= 0.6 is 24.8 Å². The molecule has 1 aromatic rings. The van der Waals surface area contributed by atoms with Gasteiger partial charge in [-0.05, 0) is 43.4 Å². The third-order valence-corrected chi connectivity index (χ3v) is 3.78. The summed E-state index contributed by atoms with van der Waals surface area (Å²) in [5, 5.41) is 0. The zero-order valence-electron chi connectivity index (χ0n) is 11.5. The van der Waals surface area contributed by atoms with E-state index in [-0.39, 0.29) is 24.8 Å². The summed E-state index contributed by atoms with van der Waals surface area (Å²) in [6.45, 7) is 5.43. The summed E-state index contributed by atoms with van der Waals surface area (Å²) in [6, 6.07) is 4.74. The number of hydrogen-bond donors (Lipinski definition) is 1. The van der Waals surface area contributed by atoms with Crippen molar-refractivity contribution < 1.29 is 0 Å². The molecule has 1 aliphatic heterocycles. The fourth-order valence-electron chi connectivity index (χ4n) is 2.66. The van der Waals surface area contributed by atoms with Crippen molar-refractivity contribution in [3.8, 4) is 0 Å². The molecule has 2 N–H and O–H groups in total. The predicted octanol–water partition coefficient (Wildman–Crippen LogP) is 2.53. The predicted molar refractivity (Wildman–Crippen MR) is 85.3 cm³/mol. The average Bonchev–Trinajstić information content (AvgIpc) is 2.38. The van der Waals surface area contributed by atoms with Crippen LogP contribution in [0.2, 0.25) is 0 Å². The lowest BCUT2D eigenvalue weighted by molar-refractivity contribution is 0.124. The van der Waals surface area contributed by atoms with Crippen LogP contribution in [0.5, 0.6) is 0 Å². The van der Waals surface area contributed by atoms with Gasteiger partial charge in [0.05, 0.1) is 0 Å². The molecule has 1 saturated heterocycles. The van der Waals surface area contributed by atoms with Gasteiger partial charge in [-0.3, -0.25) is 9.88 Å². The Morgan fingerprint density at radius 2 is 2.21 bits per heavy atom. The van der Waals surface area contributed by atoms with E-state index in [4.69, 9.17) is 5.73 Å². The number of rotatable bonds is 4. The molecule has 0 spiro atoms. The molecule has 1 aromatic heterocycles. The van der Waals surface area contributed by atoms with E-state index in [1.54, 1.807) is 0 Å². The molecule has 2 rings (SSSR count). The number of nitrogens with zero attached hydrogens (tertiary/aromatic N) is 2. The highest BCUT2D eigenvalue weighted by molar-refractivity contribution is 5.85. The van der Waals surface area contributed by atoms with Crippen molar-refractivity contribution in [1.82, 2.24) is 9.88 Å². The Hall–Kier alpha value is -0.350. The smallest absolute Gasteiger partial charge is 0.0300 e. The van der Waals surface area contributed by atoms with Crippen LogP contribution in [0.25, 0.3) is 0 Å². The van der Waals surface area contributed by atoms with Crippen LogP contribution < -0.4 is 5.73 Å². The Labute approximate surface area is 128 Å². The van der Waals surface area contributed by atoms with Crippen LogP contribution in [0.1, 0.15) is 25.3 Å². The van der Waals surface area contributed by atoms with Crippen LogP contribution in [0, 0.1) is 5.92 Å². The molecule has 5 heteroatoms. The number of aromatic nitrogens is 1. The molecular weight excluding hydrogens is 281 g/mol. The van der Waals surface area contributed by atoms with Gasteiger partial charge in [0.25, 0.3) is 0 Å². The van der Waals surface area contributed by atoms with Crippen molar-refractivity contribution in [2.75, 3.05) is 19.6 Å². The average molecular weight is 306 g/mol. The molecule has 19 heavy (non-hydrogen) atoms. The Bertz CT molecular complexity index is 335. The van der Waals surface area contributed by atoms with E-state index < -0.39 is 0 Å². The first kappa shape index (κ1) is 18.7. The molecule has 1 aliphatic rings. The van der Waals surface area contributed by atoms with Crippen molar-refractivity contribution in [1.29, 1.82) is 0 Å². The molecule has 0 saturated carbocycles. The monoisotopic (exact) mass is 305 g/mol. The summed E-state index contributed by atoms with van der Waals surface area (Å²) < 4.78 is 0. The largest absolute Gasteiger partial charge is 0.329 e. The highest BCUT2D eigenvalue weighted by atomic mass is 35.5. The Morgan fingerprint density at radius 3 is 2.84 bits per heavy atom. The van der Waals surface area contributed by atoms with E-state index in [1.165, 1.54) is 24.9 Å². The van der Waals surface area contributed by atoms with Crippen molar-refractivity contribution in [2.45, 2.75) is 32.2 Å². The molecule has 2 atom stereocenters. The second kappa shape index (κ2) is 9.54. The van der Waals surface area contributed by atoms with Crippen molar-refractivity contribution >= 4 is 24.8 Å². The van der Waals surface area contributed by atoms with Gasteiger partial charge in [0.2, 0.25) is 0 Å². The van der Waals surface area contributed by atoms with E-state index >= 15 is 0 Å². The van der Waals surface area contributed by atoms with Gasteiger partial charge in [-0.1, -0.05) is 13.0 Å². The lowest BCUT2D eigenvalue weighted by atomic mass is 9.92. The minimum Gasteiger partial charge on any atom is -0.329 e. The molecule has 0 aromatic carbocycles. The molecule has 110 valence electrons. The summed E-state index contributed by atoms with van der Waals surface area (Å²) in [5.41, 5.74) is 7.19. The van der Waals surface area contributed by atoms with Crippen LogP contribution in [0.4, 0.5) is 0 Å². The molecular formula is C14H25Cl2N3. The van der Waals surface area contributed by atoms with Gasteiger partial charge in [-0.15, -0.1) is 24.8 Å². The number of hydrogen-bond acceptors (Lipinski definition) is 3. The van der Waals surface area contributed by atoms with Gasteiger partial charge in [0.1, 0.15) is 0 Å². The second-order valence-corrected chi connectivity index (χ2v) is 5.17. The second-order valence-electron chi connectivity index (χ2n) is 5.17. The lowest BCUT2D eigenvalue weighted by Gasteiger charge is -2.38. The zero-order chi connectivity index (χ0) is 12.1. The fourth-order valence-corrected chi connectivity index (χ4v) is 2.66. The van der Waals surface area contributed by atoms with Gasteiger partial charge in [-0.2, -0.15) is 0 Å². The number of nitrogens with two attached hydrogens (primary N) is 1. The third-order valence-electron chi connectivity index (χ3n) is 3.78. The SMILES string of the molecule is CC1CCN(CCc2cccnc2)C(CN)C1.Cl.Cl. The van der Waals surface area contributed by atoms with E-state index in [0.717, 1.165) is 25.4 Å². The summed E-state index contributed by atoms with van der Waals surface area (Å²) in [4.78, 5) is 6.71. The molecule has 2 heterocycles. The highest BCUT2D eigenvalue weighted by Gasteiger charge is 2.24. The Balaban J connectivity index is 0.00000162. The molecule has 3 nitrogen and oxygen atoms in total. The van der Waals surface area contributed by atoms with Crippen molar-refractivity contribution in [3.05, 3.63) is 30.1 Å². The van der Waals surface area contributed by atoms with Crippen LogP contribution in [-0.2, 0) is 6.42 Å². The number of halogens is 2. The number of pyridine rings is 1. The summed E-state index contributed by atoms with van der Waals surface area (Å²) in [6.07, 6.45) is 7.44. The van der Waals surface area contributed by atoms with E-state index in [1.807, 2.05) is 18.5 Å². The first-order valence-corrected chi connectivity index (χ1v) is 6.62.